The Morgan fingerprint density at radius 3 is 2.25 bits per heavy atom. The highest BCUT2D eigenvalue weighted by Crippen LogP contribution is 2.22. The average Bonchev–Trinajstić information content (AvgIpc) is 2.46. The third-order valence-corrected chi connectivity index (χ3v) is 4.81. The molecule has 0 saturated carbocycles. The lowest BCUT2D eigenvalue weighted by Crippen LogP contribution is -2.09. The zero-order chi connectivity index (χ0) is 14.6. The van der Waals surface area contributed by atoms with E-state index in [2.05, 4.69) is 6.92 Å². The lowest BCUT2D eigenvalue weighted by molar-refractivity contribution is 0.185. The second-order valence-corrected chi connectivity index (χ2v) is 6.86. The molecule has 0 bridgehead atoms. The SMILES string of the molecule is CCCCCCCCCC(O)CSc1ccc(Cl)cc1. The second-order valence-electron chi connectivity index (χ2n) is 5.33. The molecule has 0 aromatic heterocycles. The van der Waals surface area contributed by atoms with Gasteiger partial charge in [-0.25, -0.2) is 0 Å². The minimum absolute atomic E-state index is 0.189. The first-order valence-electron chi connectivity index (χ1n) is 7.78. The molecule has 1 nitrogen and oxygen atoms in total. The largest absolute Gasteiger partial charge is 0.392 e. The fourth-order valence-corrected chi connectivity index (χ4v) is 3.15. The number of unbranched alkanes of at least 4 members (excludes halogenated alkanes) is 6. The van der Waals surface area contributed by atoms with Crippen molar-refractivity contribution >= 4 is 23.4 Å². The predicted molar refractivity (Wildman–Crippen MR) is 90.8 cm³/mol. The summed E-state index contributed by atoms with van der Waals surface area (Å²) in [6.07, 6.45) is 9.84. The van der Waals surface area contributed by atoms with Crippen LogP contribution in [-0.2, 0) is 0 Å². The zero-order valence-electron chi connectivity index (χ0n) is 12.5. The maximum absolute atomic E-state index is 9.96. The number of aliphatic hydroxyl groups is 1. The van der Waals surface area contributed by atoms with Crippen LogP contribution in [0.4, 0.5) is 0 Å². The molecular formula is C17H27ClOS. The van der Waals surface area contributed by atoms with Gasteiger partial charge < -0.3 is 5.11 Å². The normalized spacial score (nSPS) is 12.6. The first kappa shape index (κ1) is 17.9. The van der Waals surface area contributed by atoms with E-state index in [0.29, 0.717) is 0 Å². The van der Waals surface area contributed by atoms with Gasteiger partial charge in [0, 0.05) is 15.7 Å². The van der Waals surface area contributed by atoms with Gasteiger partial charge in [-0.1, -0.05) is 63.5 Å². The lowest BCUT2D eigenvalue weighted by Gasteiger charge is -2.10. The zero-order valence-corrected chi connectivity index (χ0v) is 14.1. The molecule has 0 aliphatic rings. The summed E-state index contributed by atoms with van der Waals surface area (Å²) >= 11 is 7.55. The molecule has 0 saturated heterocycles. The number of benzene rings is 1. The van der Waals surface area contributed by atoms with Gasteiger partial charge in [-0.15, -0.1) is 11.8 Å². The molecule has 0 amide bonds. The molecule has 0 fully saturated rings. The molecule has 114 valence electrons. The van der Waals surface area contributed by atoms with Gasteiger partial charge in [0.15, 0.2) is 0 Å². The van der Waals surface area contributed by atoms with Crippen LogP contribution >= 0.6 is 23.4 Å². The third kappa shape index (κ3) is 8.89. The quantitative estimate of drug-likeness (QED) is 0.403. The van der Waals surface area contributed by atoms with Crippen LogP contribution in [0.5, 0.6) is 0 Å². The Bertz CT molecular complexity index is 339. The molecule has 0 spiro atoms. The van der Waals surface area contributed by atoms with Crippen molar-refractivity contribution < 1.29 is 5.11 Å². The number of hydrogen-bond donors (Lipinski definition) is 1. The molecule has 1 rings (SSSR count). The minimum atomic E-state index is -0.189. The van der Waals surface area contributed by atoms with Crippen molar-refractivity contribution in [2.45, 2.75) is 69.3 Å². The Morgan fingerprint density at radius 1 is 1.00 bits per heavy atom. The summed E-state index contributed by atoms with van der Waals surface area (Å²) in [5.74, 6) is 0.775. The molecule has 0 radical (unpaired) electrons. The maximum Gasteiger partial charge on any atom is 0.0634 e. The summed E-state index contributed by atoms with van der Waals surface area (Å²) in [5, 5.41) is 10.7. The molecular weight excluding hydrogens is 288 g/mol. The Morgan fingerprint density at radius 2 is 1.60 bits per heavy atom. The summed E-state index contributed by atoms with van der Waals surface area (Å²) in [7, 11) is 0. The Labute approximate surface area is 133 Å². The van der Waals surface area contributed by atoms with Crippen molar-refractivity contribution in [2.75, 3.05) is 5.75 Å². The number of thioether (sulfide) groups is 1. The van der Waals surface area contributed by atoms with Gasteiger partial charge in [0.2, 0.25) is 0 Å². The predicted octanol–water partition coefficient (Wildman–Crippen LogP) is 5.93. The van der Waals surface area contributed by atoms with Crippen molar-refractivity contribution in [3.63, 3.8) is 0 Å². The van der Waals surface area contributed by atoms with Gasteiger partial charge in [0.05, 0.1) is 6.10 Å². The van der Waals surface area contributed by atoms with Crippen LogP contribution in [0.25, 0.3) is 0 Å². The van der Waals surface area contributed by atoms with Crippen molar-refractivity contribution in [3.05, 3.63) is 29.3 Å². The van der Waals surface area contributed by atoms with Gasteiger partial charge in [0.1, 0.15) is 0 Å². The molecule has 0 heterocycles. The van der Waals surface area contributed by atoms with Gasteiger partial charge in [-0.2, -0.15) is 0 Å². The van der Waals surface area contributed by atoms with Crippen molar-refractivity contribution in [2.24, 2.45) is 0 Å². The summed E-state index contributed by atoms with van der Waals surface area (Å²) in [6, 6.07) is 7.81. The van der Waals surface area contributed by atoms with Crippen molar-refractivity contribution in [3.8, 4) is 0 Å². The van der Waals surface area contributed by atoms with Crippen LogP contribution in [0.2, 0.25) is 5.02 Å². The highest BCUT2D eigenvalue weighted by Gasteiger charge is 2.05. The first-order valence-corrected chi connectivity index (χ1v) is 9.15. The smallest absolute Gasteiger partial charge is 0.0634 e. The molecule has 0 aliphatic carbocycles. The van der Waals surface area contributed by atoms with Crippen LogP contribution in [0, 0.1) is 0 Å². The minimum Gasteiger partial charge on any atom is -0.392 e. The summed E-state index contributed by atoms with van der Waals surface area (Å²) < 4.78 is 0. The van der Waals surface area contributed by atoms with E-state index in [4.69, 9.17) is 11.6 Å². The monoisotopic (exact) mass is 314 g/mol. The second kappa shape index (κ2) is 11.5. The fraction of sp³-hybridized carbons (Fsp3) is 0.647. The number of aliphatic hydroxyl groups excluding tert-OH is 1. The molecule has 1 unspecified atom stereocenters. The Kier molecular flexibility index (Phi) is 10.3. The van der Waals surface area contributed by atoms with Crippen LogP contribution < -0.4 is 0 Å². The van der Waals surface area contributed by atoms with Crippen LogP contribution in [0.15, 0.2) is 29.2 Å². The van der Waals surface area contributed by atoms with E-state index in [9.17, 15) is 5.11 Å². The number of rotatable bonds is 11. The molecule has 1 atom stereocenters. The summed E-state index contributed by atoms with van der Waals surface area (Å²) in [5.41, 5.74) is 0. The van der Waals surface area contributed by atoms with Gasteiger partial charge in [0.25, 0.3) is 0 Å². The molecule has 1 N–H and O–H groups in total. The third-order valence-electron chi connectivity index (χ3n) is 3.40. The molecule has 0 aliphatic heterocycles. The Hall–Kier alpha value is -0.180. The summed E-state index contributed by atoms with van der Waals surface area (Å²) in [4.78, 5) is 1.17. The van der Waals surface area contributed by atoms with E-state index in [0.717, 1.165) is 23.6 Å². The Balaban J connectivity index is 2.00. The summed E-state index contributed by atoms with van der Waals surface area (Å²) in [6.45, 7) is 2.24. The highest BCUT2D eigenvalue weighted by molar-refractivity contribution is 7.99. The highest BCUT2D eigenvalue weighted by atomic mass is 35.5. The van der Waals surface area contributed by atoms with Gasteiger partial charge in [-0.05, 0) is 30.7 Å². The lowest BCUT2D eigenvalue weighted by atomic mass is 10.1. The van der Waals surface area contributed by atoms with E-state index in [-0.39, 0.29) is 6.10 Å². The van der Waals surface area contributed by atoms with E-state index in [1.54, 1.807) is 11.8 Å². The standard InChI is InChI=1S/C17H27ClOS/c1-2-3-4-5-6-7-8-9-16(19)14-20-17-12-10-15(18)11-13-17/h10-13,16,19H,2-9,14H2,1H3. The van der Waals surface area contributed by atoms with Crippen molar-refractivity contribution in [1.82, 2.24) is 0 Å². The maximum atomic E-state index is 9.96. The average molecular weight is 315 g/mol. The van der Waals surface area contributed by atoms with Crippen LogP contribution in [-0.4, -0.2) is 17.0 Å². The van der Waals surface area contributed by atoms with Gasteiger partial charge >= 0.3 is 0 Å². The first-order chi connectivity index (χ1) is 9.72. The fourth-order valence-electron chi connectivity index (χ4n) is 2.14. The van der Waals surface area contributed by atoms with Crippen molar-refractivity contribution in [1.29, 1.82) is 0 Å². The van der Waals surface area contributed by atoms with E-state index in [1.807, 2.05) is 24.3 Å². The van der Waals surface area contributed by atoms with Crippen LogP contribution in [0.1, 0.15) is 58.3 Å². The van der Waals surface area contributed by atoms with E-state index in [1.165, 1.54) is 43.4 Å². The topological polar surface area (TPSA) is 20.2 Å². The van der Waals surface area contributed by atoms with E-state index >= 15 is 0 Å². The molecule has 1 aromatic carbocycles. The molecule has 1 aromatic rings. The number of hydrogen-bond acceptors (Lipinski definition) is 2. The number of halogens is 1. The molecule has 3 heteroatoms. The molecule has 20 heavy (non-hydrogen) atoms. The van der Waals surface area contributed by atoms with E-state index < -0.39 is 0 Å². The van der Waals surface area contributed by atoms with Crippen LogP contribution in [0.3, 0.4) is 0 Å². The van der Waals surface area contributed by atoms with Gasteiger partial charge in [-0.3, -0.25) is 0 Å².